The van der Waals surface area contributed by atoms with Crippen LogP contribution in [0.1, 0.15) is 19.5 Å². The Hall–Kier alpha value is -0.760. The van der Waals surface area contributed by atoms with Crippen molar-refractivity contribution in [1.82, 2.24) is 4.98 Å². The maximum absolute atomic E-state index is 5.68. The molecule has 0 aliphatic carbocycles. The molecule has 0 saturated heterocycles. The van der Waals surface area contributed by atoms with E-state index in [1.807, 2.05) is 12.3 Å². The maximum atomic E-state index is 5.68. The normalized spacial score (nSPS) is 13.7. The maximum Gasteiger partial charge on any atom is 0.0150 e. The van der Waals surface area contributed by atoms with Crippen LogP contribution in [0, 0.1) is 11.8 Å². The number of aromatic amines is 1. The molecule has 0 aliphatic rings. The molecule has 12 heavy (non-hydrogen) atoms. The standard InChI is InChI=1S/C10H18N2/c1-8(2)9(7-11)6-10-4-3-5-12-10/h3-5,8-9,12H,6-7,11H2,1-2H3. The average molecular weight is 166 g/mol. The van der Waals surface area contributed by atoms with Crippen molar-refractivity contribution < 1.29 is 0 Å². The van der Waals surface area contributed by atoms with Crippen LogP contribution in [-0.4, -0.2) is 11.5 Å². The molecule has 1 rings (SSSR count). The molecule has 0 saturated carbocycles. The number of hydrogen-bond acceptors (Lipinski definition) is 1. The number of hydrogen-bond donors (Lipinski definition) is 2. The lowest BCUT2D eigenvalue weighted by atomic mass is 9.91. The van der Waals surface area contributed by atoms with E-state index < -0.39 is 0 Å². The highest BCUT2D eigenvalue weighted by Crippen LogP contribution is 2.14. The Morgan fingerprint density at radius 1 is 1.50 bits per heavy atom. The van der Waals surface area contributed by atoms with Gasteiger partial charge in [0.15, 0.2) is 0 Å². The lowest BCUT2D eigenvalue weighted by Crippen LogP contribution is -2.22. The number of nitrogens with two attached hydrogens (primary N) is 1. The van der Waals surface area contributed by atoms with Gasteiger partial charge in [-0.2, -0.15) is 0 Å². The van der Waals surface area contributed by atoms with Gasteiger partial charge in [0, 0.05) is 11.9 Å². The van der Waals surface area contributed by atoms with Gasteiger partial charge in [-0.1, -0.05) is 13.8 Å². The zero-order valence-electron chi connectivity index (χ0n) is 7.88. The van der Waals surface area contributed by atoms with Crippen LogP contribution in [0.2, 0.25) is 0 Å². The van der Waals surface area contributed by atoms with E-state index in [1.165, 1.54) is 5.69 Å². The topological polar surface area (TPSA) is 41.8 Å². The van der Waals surface area contributed by atoms with Crippen LogP contribution in [0.25, 0.3) is 0 Å². The van der Waals surface area contributed by atoms with Crippen molar-refractivity contribution in [3.8, 4) is 0 Å². The van der Waals surface area contributed by atoms with Crippen LogP contribution < -0.4 is 5.73 Å². The molecule has 3 N–H and O–H groups in total. The average Bonchev–Trinajstić information content (AvgIpc) is 2.51. The fourth-order valence-corrected chi connectivity index (χ4v) is 1.37. The lowest BCUT2D eigenvalue weighted by Gasteiger charge is -2.17. The van der Waals surface area contributed by atoms with Crippen LogP contribution in [0.15, 0.2) is 18.3 Å². The smallest absolute Gasteiger partial charge is 0.0150 e. The zero-order valence-corrected chi connectivity index (χ0v) is 7.88. The largest absolute Gasteiger partial charge is 0.365 e. The Balaban J connectivity index is 2.48. The van der Waals surface area contributed by atoms with Gasteiger partial charge in [0.25, 0.3) is 0 Å². The fraction of sp³-hybridized carbons (Fsp3) is 0.600. The van der Waals surface area contributed by atoms with E-state index in [2.05, 4.69) is 24.9 Å². The third-order valence-electron chi connectivity index (χ3n) is 2.39. The van der Waals surface area contributed by atoms with E-state index in [-0.39, 0.29) is 0 Å². The Morgan fingerprint density at radius 3 is 2.67 bits per heavy atom. The van der Waals surface area contributed by atoms with Crippen molar-refractivity contribution in [2.45, 2.75) is 20.3 Å². The number of rotatable bonds is 4. The molecule has 1 aromatic heterocycles. The molecule has 68 valence electrons. The molecule has 0 spiro atoms. The van der Waals surface area contributed by atoms with E-state index >= 15 is 0 Å². The predicted octanol–water partition coefficient (Wildman–Crippen LogP) is 1.79. The molecule has 1 atom stereocenters. The number of aromatic nitrogens is 1. The van der Waals surface area contributed by atoms with Crippen molar-refractivity contribution in [1.29, 1.82) is 0 Å². The molecule has 0 aliphatic heterocycles. The Labute approximate surface area is 74.2 Å². The summed E-state index contributed by atoms with van der Waals surface area (Å²) >= 11 is 0. The minimum atomic E-state index is 0.601. The number of H-pyrrole nitrogens is 1. The van der Waals surface area contributed by atoms with Crippen molar-refractivity contribution in [3.05, 3.63) is 24.0 Å². The second-order valence-electron chi connectivity index (χ2n) is 3.64. The third-order valence-corrected chi connectivity index (χ3v) is 2.39. The fourth-order valence-electron chi connectivity index (χ4n) is 1.37. The first kappa shape index (κ1) is 9.33. The van der Waals surface area contributed by atoms with E-state index in [1.54, 1.807) is 0 Å². The molecule has 0 bridgehead atoms. The van der Waals surface area contributed by atoms with Gasteiger partial charge in [-0.25, -0.2) is 0 Å². The summed E-state index contributed by atoms with van der Waals surface area (Å²) in [6.45, 7) is 5.22. The van der Waals surface area contributed by atoms with Gasteiger partial charge in [-0.05, 0) is 36.9 Å². The van der Waals surface area contributed by atoms with Gasteiger partial charge in [0.2, 0.25) is 0 Å². The van der Waals surface area contributed by atoms with Gasteiger partial charge in [-0.3, -0.25) is 0 Å². The van der Waals surface area contributed by atoms with Gasteiger partial charge in [0.05, 0.1) is 0 Å². The monoisotopic (exact) mass is 166 g/mol. The first-order valence-corrected chi connectivity index (χ1v) is 4.56. The molecule has 1 heterocycles. The first-order chi connectivity index (χ1) is 5.74. The van der Waals surface area contributed by atoms with E-state index in [0.29, 0.717) is 11.8 Å². The lowest BCUT2D eigenvalue weighted by molar-refractivity contribution is 0.389. The van der Waals surface area contributed by atoms with Gasteiger partial charge < -0.3 is 10.7 Å². The molecule has 0 radical (unpaired) electrons. The summed E-state index contributed by atoms with van der Waals surface area (Å²) in [5.74, 6) is 1.27. The third kappa shape index (κ3) is 2.38. The van der Waals surface area contributed by atoms with Gasteiger partial charge >= 0.3 is 0 Å². The molecule has 2 nitrogen and oxygen atoms in total. The van der Waals surface area contributed by atoms with E-state index in [0.717, 1.165) is 13.0 Å². The quantitative estimate of drug-likeness (QED) is 0.703. The SMILES string of the molecule is CC(C)C(CN)Cc1ccc[nH]1. The Morgan fingerprint density at radius 2 is 2.25 bits per heavy atom. The molecule has 0 fully saturated rings. The van der Waals surface area contributed by atoms with Crippen molar-refractivity contribution >= 4 is 0 Å². The van der Waals surface area contributed by atoms with Crippen molar-refractivity contribution in [2.75, 3.05) is 6.54 Å². The highest BCUT2D eigenvalue weighted by molar-refractivity contribution is 5.04. The molecule has 0 amide bonds. The van der Waals surface area contributed by atoms with Crippen LogP contribution in [0.3, 0.4) is 0 Å². The second kappa shape index (κ2) is 4.31. The molecule has 1 unspecified atom stereocenters. The highest BCUT2D eigenvalue weighted by atomic mass is 14.7. The predicted molar refractivity (Wildman–Crippen MR) is 51.9 cm³/mol. The summed E-state index contributed by atoms with van der Waals surface area (Å²) in [4.78, 5) is 3.20. The minimum absolute atomic E-state index is 0.601. The Bertz CT molecular complexity index is 202. The van der Waals surface area contributed by atoms with Gasteiger partial charge in [-0.15, -0.1) is 0 Å². The number of nitrogens with one attached hydrogen (secondary N) is 1. The van der Waals surface area contributed by atoms with Crippen LogP contribution in [0.5, 0.6) is 0 Å². The summed E-state index contributed by atoms with van der Waals surface area (Å²) < 4.78 is 0. The molecule has 1 aromatic rings. The van der Waals surface area contributed by atoms with Gasteiger partial charge in [0.1, 0.15) is 0 Å². The zero-order chi connectivity index (χ0) is 8.97. The van der Waals surface area contributed by atoms with Crippen LogP contribution >= 0.6 is 0 Å². The molecular weight excluding hydrogens is 148 g/mol. The summed E-state index contributed by atoms with van der Waals surface area (Å²) in [7, 11) is 0. The highest BCUT2D eigenvalue weighted by Gasteiger charge is 2.11. The molecule has 2 heteroatoms. The molecule has 0 aromatic carbocycles. The first-order valence-electron chi connectivity index (χ1n) is 4.56. The Kier molecular flexibility index (Phi) is 3.35. The van der Waals surface area contributed by atoms with E-state index in [9.17, 15) is 0 Å². The summed E-state index contributed by atoms with van der Waals surface area (Å²) in [6, 6.07) is 4.15. The summed E-state index contributed by atoms with van der Waals surface area (Å²) in [6.07, 6.45) is 3.03. The molecular formula is C10H18N2. The van der Waals surface area contributed by atoms with Crippen LogP contribution in [-0.2, 0) is 6.42 Å². The summed E-state index contributed by atoms with van der Waals surface area (Å²) in [5, 5.41) is 0. The van der Waals surface area contributed by atoms with E-state index in [4.69, 9.17) is 5.73 Å². The summed E-state index contributed by atoms with van der Waals surface area (Å²) in [5.41, 5.74) is 6.97. The second-order valence-corrected chi connectivity index (χ2v) is 3.64. The van der Waals surface area contributed by atoms with Crippen molar-refractivity contribution in [3.63, 3.8) is 0 Å². The minimum Gasteiger partial charge on any atom is -0.365 e. The van der Waals surface area contributed by atoms with Crippen molar-refractivity contribution in [2.24, 2.45) is 17.6 Å². The van der Waals surface area contributed by atoms with Crippen LogP contribution in [0.4, 0.5) is 0 Å².